The molecule has 20 heavy (non-hydrogen) atoms. The standard InChI is InChI=1S/C15H25NO4/c1-3-10-7-12(13(8-10)15(18)19)14(17)16-6-4-5-11(9-16)20-2/h10-13H,3-9H2,1-2H3,(H,18,19)/t10?,11?,12-,13+/m0/s1. The molecule has 0 radical (unpaired) electrons. The van der Waals surface area contributed by atoms with Crippen molar-refractivity contribution in [3.05, 3.63) is 0 Å². The zero-order valence-electron chi connectivity index (χ0n) is 12.4. The normalized spacial score (nSPS) is 34.2. The van der Waals surface area contributed by atoms with Gasteiger partial charge in [0.1, 0.15) is 0 Å². The van der Waals surface area contributed by atoms with Gasteiger partial charge in [-0.25, -0.2) is 0 Å². The summed E-state index contributed by atoms with van der Waals surface area (Å²) in [4.78, 5) is 25.8. The van der Waals surface area contributed by atoms with Gasteiger partial charge in [0.2, 0.25) is 5.91 Å². The number of hydrogen-bond acceptors (Lipinski definition) is 3. The number of rotatable bonds is 4. The van der Waals surface area contributed by atoms with Crippen LogP contribution in [0.5, 0.6) is 0 Å². The largest absolute Gasteiger partial charge is 0.481 e. The molecule has 0 aromatic rings. The van der Waals surface area contributed by atoms with E-state index >= 15 is 0 Å². The summed E-state index contributed by atoms with van der Waals surface area (Å²) < 4.78 is 5.34. The zero-order valence-corrected chi connectivity index (χ0v) is 12.4. The van der Waals surface area contributed by atoms with Crippen LogP contribution in [0.1, 0.15) is 39.0 Å². The Morgan fingerprint density at radius 2 is 2.00 bits per heavy atom. The molecule has 0 aromatic heterocycles. The van der Waals surface area contributed by atoms with Crippen LogP contribution in [0.25, 0.3) is 0 Å². The van der Waals surface area contributed by atoms with Crippen LogP contribution in [-0.4, -0.2) is 48.2 Å². The van der Waals surface area contributed by atoms with E-state index in [2.05, 4.69) is 6.92 Å². The fraction of sp³-hybridized carbons (Fsp3) is 0.867. The van der Waals surface area contributed by atoms with Gasteiger partial charge in [-0.1, -0.05) is 13.3 Å². The van der Waals surface area contributed by atoms with Crippen LogP contribution in [0.15, 0.2) is 0 Å². The number of carboxylic acid groups (broad SMARTS) is 1. The number of hydrogen-bond donors (Lipinski definition) is 1. The van der Waals surface area contributed by atoms with E-state index in [9.17, 15) is 14.7 Å². The average Bonchev–Trinajstić information content (AvgIpc) is 2.91. The molecule has 4 atom stereocenters. The number of carboxylic acids is 1. The molecule has 1 aliphatic heterocycles. The van der Waals surface area contributed by atoms with Crippen LogP contribution in [0.2, 0.25) is 0 Å². The minimum absolute atomic E-state index is 0.0232. The Balaban J connectivity index is 2.04. The molecular weight excluding hydrogens is 258 g/mol. The predicted molar refractivity (Wildman–Crippen MR) is 74.2 cm³/mol. The molecule has 0 bridgehead atoms. The highest BCUT2D eigenvalue weighted by atomic mass is 16.5. The number of ether oxygens (including phenoxy) is 1. The Kier molecular flexibility index (Phi) is 5.02. The van der Waals surface area contributed by atoms with E-state index in [0.29, 0.717) is 18.9 Å². The molecule has 2 unspecified atom stereocenters. The number of methoxy groups -OCH3 is 1. The first kappa shape index (κ1) is 15.3. The lowest BCUT2D eigenvalue weighted by Crippen LogP contribution is -2.46. The SMILES string of the molecule is CCC1C[C@H](C(=O)N2CCCC(OC)C2)[C@H](C(=O)O)C1. The van der Waals surface area contributed by atoms with E-state index in [1.165, 1.54) is 0 Å². The molecule has 0 spiro atoms. The van der Waals surface area contributed by atoms with Crippen molar-refractivity contribution in [2.45, 2.75) is 45.1 Å². The molecule has 2 fully saturated rings. The first-order chi connectivity index (χ1) is 9.56. The van der Waals surface area contributed by atoms with E-state index in [-0.39, 0.29) is 17.9 Å². The molecule has 1 aliphatic carbocycles. The lowest BCUT2D eigenvalue weighted by molar-refractivity contribution is -0.150. The lowest BCUT2D eigenvalue weighted by atomic mass is 9.93. The van der Waals surface area contributed by atoms with E-state index in [4.69, 9.17) is 4.74 Å². The topological polar surface area (TPSA) is 66.8 Å². The number of carbonyl (C=O) groups excluding carboxylic acids is 1. The van der Waals surface area contributed by atoms with Crippen molar-refractivity contribution in [2.24, 2.45) is 17.8 Å². The van der Waals surface area contributed by atoms with Crippen molar-refractivity contribution in [1.82, 2.24) is 4.90 Å². The molecule has 0 aromatic carbocycles. The van der Waals surface area contributed by atoms with Crippen molar-refractivity contribution in [2.75, 3.05) is 20.2 Å². The average molecular weight is 283 g/mol. The number of aliphatic carboxylic acids is 1. The van der Waals surface area contributed by atoms with Gasteiger partial charge in [-0.3, -0.25) is 9.59 Å². The first-order valence-corrected chi connectivity index (χ1v) is 7.61. The molecule has 2 rings (SSSR count). The molecular formula is C15H25NO4. The summed E-state index contributed by atoms with van der Waals surface area (Å²) in [5.41, 5.74) is 0. The maximum Gasteiger partial charge on any atom is 0.307 e. The molecule has 5 heteroatoms. The first-order valence-electron chi connectivity index (χ1n) is 7.61. The molecule has 2 aliphatic rings. The van der Waals surface area contributed by atoms with Crippen LogP contribution in [0.4, 0.5) is 0 Å². The molecule has 1 saturated heterocycles. The molecule has 5 nitrogen and oxygen atoms in total. The third-order valence-electron chi connectivity index (χ3n) is 4.90. The highest BCUT2D eigenvalue weighted by Crippen LogP contribution is 2.39. The van der Waals surface area contributed by atoms with Crippen LogP contribution in [0, 0.1) is 17.8 Å². The van der Waals surface area contributed by atoms with Gasteiger partial charge >= 0.3 is 5.97 Å². The number of piperidine rings is 1. The van der Waals surface area contributed by atoms with E-state index in [0.717, 1.165) is 32.2 Å². The maximum atomic E-state index is 12.6. The highest BCUT2D eigenvalue weighted by molar-refractivity contribution is 5.85. The summed E-state index contributed by atoms with van der Waals surface area (Å²) in [6, 6.07) is 0. The summed E-state index contributed by atoms with van der Waals surface area (Å²) in [6.07, 6.45) is 4.33. The number of carbonyl (C=O) groups is 2. The minimum atomic E-state index is -0.820. The third kappa shape index (κ3) is 3.14. The highest BCUT2D eigenvalue weighted by Gasteiger charge is 2.44. The van der Waals surface area contributed by atoms with Gasteiger partial charge in [-0.15, -0.1) is 0 Å². The summed E-state index contributed by atoms with van der Waals surface area (Å²) >= 11 is 0. The number of likely N-dealkylation sites (tertiary alicyclic amines) is 1. The predicted octanol–water partition coefficient (Wildman–Crippen LogP) is 1.76. The van der Waals surface area contributed by atoms with Gasteiger partial charge in [0.25, 0.3) is 0 Å². The fourth-order valence-electron chi connectivity index (χ4n) is 3.59. The third-order valence-corrected chi connectivity index (χ3v) is 4.90. The second-order valence-electron chi connectivity index (χ2n) is 6.08. The van der Waals surface area contributed by atoms with Gasteiger partial charge < -0.3 is 14.7 Å². The Bertz CT molecular complexity index is 371. The lowest BCUT2D eigenvalue weighted by Gasteiger charge is -2.34. The Labute approximate surface area is 120 Å². The smallest absolute Gasteiger partial charge is 0.307 e. The second-order valence-corrected chi connectivity index (χ2v) is 6.08. The summed E-state index contributed by atoms with van der Waals surface area (Å²) in [5, 5.41) is 9.35. The molecule has 1 saturated carbocycles. The number of amides is 1. The van der Waals surface area contributed by atoms with Gasteiger partial charge in [-0.05, 0) is 31.6 Å². The number of nitrogens with zero attached hydrogens (tertiary/aromatic N) is 1. The van der Waals surface area contributed by atoms with Crippen molar-refractivity contribution < 1.29 is 19.4 Å². The van der Waals surface area contributed by atoms with Crippen molar-refractivity contribution in [3.8, 4) is 0 Å². The second kappa shape index (κ2) is 6.57. The zero-order chi connectivity index (χ0) is 14.7. The van der Waals surface area contributed by atoms with Crippen LogP contribution >= 0.6 is 0 Å². The molecule has 114 valence electrons. The van der Waals surface area contributed by atoms with Gasteiger partial charge in [-0.2, -0.15) is 0 Å². The maximum absolute atomic E-state index is 12.6. The van der Waals surface area contributed by atoms with Crippen LogP contribution in [-0.2, 0) is 14.3 Å². The monoisotopic (exact) mass is 283 g/mol. The molecule has 1 N–H and O–H groups in total. The summed E-state index contributed by atoms with van der Waals surface area (Å²) in [6.45, 7) is 3.41. The quantitative estimate of drug-likeness (QED) is 0.853. The van der Waals surface area contributed by atoms with Crippen molar-refractivity contribution in [3.63, 3.8) is 0 Å². The Morgan fingerprint density at radius 1 is 1.30 bits per heavy atom. The Hall–Kier alpha value is -1.10. The Morgan fingerprint density at radius 3 is 2.60 bits per heavy atom. The molecule has 1 heterocycles. The summed E-state index contributed by atoms with van der Waals surface area (Å²) in [5.74, 6) is -1.27. The van der Waals surface area contributed by atoms with Gasteiger partial charge in [0.05, 0.1) is 17.9 Å². The fourth-order valence-corrected chi connectivity index (χ4v) is 3.59. The summed E-state index contributed by atoms with van der Waals surface area (Å²) in [7, 11) is 1.67. The van der Waals surface area contributed by atoms with E-state index < -0.39 is 11.9 Å². The van der Waals surface area contributed by atoms with E-state index in [1.807, 2.05) is 4.90 Å². The van der Waals surface area contributed by atoms with Crippen molar-refractivity contribution in [1.29, 1.82) is 0 Å². The van der Waals surface area contributed by atoms with Crippen molar-refractivity contribution >= 4 is 11.9 Å². The molecule has 1 amide bonds. The van der Waals surface area contributed by atoms with Crippen LogP contribution < -0.4 is 0 Å². The minimum Gasteiger partial charge on any atom is -0.481 e. The van der Waals surface area contributed by atoms with Crippen LogP contribution in [0.3, 0.4) is 0 Å². The van der Waals surface area contributed by atoms with Gasteiger partial charge in [0, 0.05) is 20.2 Å². The van der Waals surface area contributed by atoms with E-state index in [1.54, 1.807) is 7.11 Å². The van der Waals surface area contributed by atoms with Gasteiger partial charge in [0.15, 0.2) is 0 Å².